The van der Waals surface area contributed by atoms with E-state index in [-0.39, 0.29) is 6.61 Å². The van der Waals surface area contributed by atoms with Gasteiger partial charge in [0, 0.05) is 6.20 Å². The molecule has 7 heteroatoms. The Bertz CT molecular complexity index is 412. The van der Waals surface area contributed by atoms with Crippen molar-refractivity contribution in [2.45, 2.75) is 13.3 Å². The molecule has 3 nitrogen and oxygen atoms in total. The Kier molecular flexibility index (Phi) is 4.28. The van der Waals surface area contributed by atoms with E-state index in [1.54, 1.807) is 6.92 Å². The Hall–Kier alpha value is -1.11. The fourth-order valence-corrected chi connectivity index (χ4v) is 1.47. The van der Waals surface area contributed by atoms with Gasteiger partial charge < -0.3 is 4.74 Å². The molecule has 0 unspecified atom stereocenters. The Morgan fingerprint density at radius 1 is 1.62 bits per heavy atom. The molecular weight excluding hydrogens is 291 g/mol. The molecule has 1 aromatic heterocycles. The summed E-state index contributed by atoms with van der Waals surface area (Å²) in [5, 5.41) is 0. The number of halogens is 4. The first-order valence-electron chi connectivity index (χ1n) is 4.28. The van der Waals surface area contributed by atoms with Crippen LogP contribution in [0, 0.1) is 5.82 Å². The van der Waals surface area contributed by atoms with E-state index >= 15 is 0 Å². The van der Waals surface area contributed by atoms with Crippen LogP contribution >= 0.6 is 15.9 Å². The number of hydrogen-bond acceptors (Lipinski definition) is 3. The van der Waals surface area contributed by atoms with Gasteiger partial charge in [-0.15, -0.1) is 0 Å². The van der Waals surface area contributed by atoms with Gasteiger partial charge in [0.25, 0.3) is 6.43 Å². The maximum atomic E-state index is 13.5. The van der Waals surface area contributed by atoms with Gasteiger partial charge in [-0.1, -0.05) is 0 Å². The number of carbonyl (C=O) groups excluding carboxylic acids is 1. The minimum Gasteiger partial charge on any atom is -0.462 e. The van der Waals surface area contributed by atoms with Crippen LogP contribution in [0.15, 0.2) is 10.7 Å². The molecule has 0 amide bonds. The number of nitrogens with zero attached hydrogens (tertiary/aromatic N) is 1. The van der Waals surface area contributed by atoms with Crippen LogP contribution in [0.2, 0.25) is 0 Å². The molecule has 0 aliphatic carbocycles. The molecule has 0 spiro atoms. The van der Waals surface area contributed by atoms with Crippen LogP contribution in [0.1, 0.15) is 29.4 Å². The van der Waals surface area contributed by atoms with Gasteiger partial charge in [-0.3, -0.25) is 4.98 Å². The summed E-state index contributed by atoms with van der Waals surface area (Å²) in [6.07, 6.45) is -2.18. The third-order valence-electron chi connectivity index (χ3n) is 1.69. The van der Waals surface area contributed by atoms with Crippen molar-refractivity contribution in [1.29, 1.82) is 0 Å². The predicted octanol–water partition coefficient (Wildman–Crippen LogP) is 3.10. The number of aromatic nitrogens is 1. The van der Waals surface area contributed by atoms with E-state index in [2.05, 4.69) is 25.7 Å². The summed E-state index contributed by atoms with van der Waals surface area (Å²) in [5.74, 6) is -2.03. The number of rotatable bonds is 3. The van der Waals surface area contributed by atoms with Gasteiger partial charge in [0.05, 0.1) is 11.1 Å². The van der Waals surface area contributed by atoms with Crippen LogP contribution in [0.4, 0.5) is 13.2 Å². The Morgan fingerprint density at radius 3 is 2.75 bits per heavy atom. The number of carbonyl (C=O) groups is 1. The first-order chi connectivity index (χ1) is 7.49. The quantitative estimate of drug-likeness (QED) is 0.805. The maximum Gasteiger partial charge on any atom is 0.342 e. The van der Waals surface area contributed by atoms with Crippen molar-refractivity contribution in [1.82, 2.24) is 4.98 Å². The third kappa shape index (κ3) is 2.52. The molecule has 16 heavy (non-hydrogen) atoms. The van der Waals surface area contributed by atoms with Gasteiger partial charge in [0.2, 0.25) is 0 Å². The first-order valence-corrected chi connectivity index (χ1v) is 5.07. The van der Waals surface area contributed by atoms with E-state index < -0.39 is 33.9 Å². The minimum atomic E-state index is -2.92. The molecule has 1 aromatic rings. The van der Waals surface area contributed by atoms with Crippen LogP contribution in [-0.2, 0) is 4.74 Å². The van der Waals surface area contributed by atoms with Crippen molar-refractivity contribution in [3.8, 4) is 0 Å². The topological polar surface area (TPSA) is 39.2 Å². The molecule has 1 rings (SSSR count). The zero-order valence-electron chi connectivity index (χ0n) is 8.14. The summed E-state index contributed by atoms with van der Waals surface area (Å²) in [5.41, 5.74) is -1.22. The Labute approximate surface area is 97.8 Å². The van der Waals surface area contributed by atoms with Crippen LogP contribution in [0.5, 0.6) is 0 Å². The van der Waals surface area contributed by atoms with Gasteiger partial charge in [0.15, 0.2) is 5.82 Å². The summed E-state index contributed by atoms with van der Waals surface area (Å²) in [4.78, 5) is 14.5. The van der Waals surface area contributed by atoms with E-state index in [0.29, 0.717) is 0 Å². The molecule has 0 N–H and O–H groups in total. The average Bonchev–Trinajstić information content (AvgIpc) is 2.21. The molecule has 0 saturated heterocycles. The number of pyridine rings is 1. The van der Waals surface area contributed by atoms with Crippen molar-refractivity contribution < 1.29 is 22.7 Å². The predicted molar refractivity (Wildman–Crippen MR) is 52.8 cm³/mol. The zero-order chi connectivity index (χ0) is 12.3. The summed E-state index contributed by atoms with van der Waals surface area (Å²) < 4.78 is 42.1. The number of alkyl halides is 2. The highest BCUT2D eigenvalue weighted by Crippen LogP contribution is 2.29. The lowest BCUT2D eigenvalue weighted by Gasteiger charge is -2.07. The second-order valence-electron chi connectivity index (χ2n) is 2.71. The fourth-order valence-electron chi connectivity index (χ4n) is 0.981. The van der Waals surface area contributed by atoms with Crippen LogP contribution < -0.4 is 0 Å². The molecule has 0 saturated carbocycles. The Morgan fingerprint density at radius 2 is 2.25 bits per heavy atom. The first kappa shape index (κ1) is 13.0. The monoisotopic (exact) mass is 297 g/mol. The van der Waals surface area contributed by atoms with Crippen molar-refractivity contribution in [3.05, 3.63) is 27.7 Å². The van der Waals surface area contributed by atoms with Crippen molar-refractivity contribution in [2.24, 2.45) is 0 Å². The zero-order valence-corrected chi connectivity index (χ0v) is 9.72. The number of esters is 1. The molecule has 0 fully saturated rings. The lowest BCUT2D eigenvalue weighted by molar-refractivity contribution is 0.0519. The van der Waals surface area contributed by atoms with E-state index in [0.717, 1.165) is 6.20 Å². The molecular formula is C9H7BrF3NO2. The SMILES string of the molecule is CCOC(=O)c1cnc(C(F)F)c(Br)c1F. The normalized spacial score (nSPS) is 10.6. The second kappa shape index (κ2) is 5.29. The molecule has 0 bridgehead atoms. The molecule has 0 aromatic carbocycles. The summed E-state index contributed by atoms with van der Waals surface area (Å²) in [6, 6.07) is 0. The summed E-state index contributed by atoms with van der Waals surface area (Å²) >= 11 is 2.63. The van der Waals surface area contributed by atoms with E-state index in [4.69, 9.17) is 0 Å². The van der Waals surface area contributed by atoms with Gasteiger partial charge in [-0.25, -0.2) is 18.0 Å². The smallest absolute Gasteiger partial charge is 0.342 e. The van der Waals surface area contributed by atoms with Crippen molar-refractivity contribution in [2.75, 3.05) is 6.61 Å². The Balaban J connectivity index is 3.16. The minimum absolute atomic E-state index is 0.0620. The average molecular weight is 298 g/mol. The number of ether oxygens (including phenoxy) is 1. The fraction of sp³-hybridized carbons (Fsp3) is 0.333. The maximum absolute atomic E-state index is 13.5. The molecule has 1 heterocycles. The van der Waals surface area contributed by atoms with E-state index in [1.807, 2.05) is 0 Å². The van der Waals surface area contributed by atoms with Crippen LogP contribution in [0.25, 0.3) is 0 Å². The highest BCUT2D eigenvalue weighted by molar-refractivity contribution is 9.10. The van der Waals surface area contributed by atoms with Crippen molar-refractivity contribution in [3.63, 3.8) is 0 Å². The van der Waals surface area contributed by atoms with Gasteiger partial charge >= 0.3 is 5.97 Å². The van der Waals surface area contributed by atoms with Crippen molar-refractivity contribution >= 4 is 21.9 Å². The van der Waals surface area contributed by atoms with Gasteiger partial charge in [-0.2, -0.15) is 0 Å². The molecule has 0 aliphatic heterocycles. The number of hydrogen-bond donors (Lipinski definition) is 0. The van der Waals surface area contributed by atoms with E-state index in [1.165, 1.54) is 0 Å². The highest BCUT2D eigenvalue weighted by atomic mass is 79.9. The largest absolute Gasteiger partial charge is 0.462 e. The lowest BCUT2D eigenvalue weighted by Crippen LogP contribution is -2.10. The summed E-state index contributed by atoms with van der Waals surface area (Å²) in [7, 11) is 0. The third-order valence-corrected chi connectivity index (χ3v) is 2.44. The van der Waals surface area contributed by atoms with Crippen LogP contribution in [-0.4, -0.2) is 17.6 Å². The van der Waals surface area contributed by atoms with Crippen LogP contribution in [0.3, 0.4) is 0 Å². The van der Waals surface area contributed by atoms with Gasteiger partial charge in [-0.05, 0) is 22.9 Å². The molecule has 0 atom stereocenters. The molecule has 0 radical (unpaired) electrons. The highest BCUT2D eigenvalue weighted by Gasteiger charge is 2.23. The molecule has 0 aliphatic rings. The second-order valence-corrected chi connectivity index (χ2v) is 3.50. The summed E-state index contributed by atoms with van der Waals surface area (Å²) in [6.45, 7) is 1.61. The van der Waals surface area contributed by atoms with Gasteiger partial charge in [0.1, 0.15) is 11.3 Å². The van der Waals surface area contributed by atoms with E-state index in [9.17, 15) is 18.0 Å². The molecule has 88 valence electrons. The lowest BCUT2D eigenvalue weighted by atomic mass is 10.2. The standard InChI is InChI=1S/C9H7BrF3NO2/c1-2-16-9(15)4-3-14-7(8(12)13)5(10)6(4)11/h3,8H,2H2,1H3.